The minimum Gasteiger partial charge on any atom is -0.305 e. The van der Waals surface area contributed by atoms with Crippen molar-refractivity contribution in [3.8, 4) is 0 Å². The highest BCUT2D eigenvalue weighted by atomic mass is 16.2. The van der Waals surface area contributed by atoms with Crippen molar-refractivity contribution < 1.29 is 4.79 Å². The van der Waals surface area contributed by atoms with Gasteiger partial charge in [-0.15, -0.1) is 0 Å². The Bertz CT molecular complexity index is 633. The van der Waals surface area contributed by atoms with E-state index >= 15 is 0 Å². The second-order valence-electron chi connectivity index (χ2n) is 5.26. The molecule has 0 saturated carbocycles. The molecule has 2 aromatic rings. The lowest BCUT2D eigenvalue weighted by atomic mass is 10.1. The summed E-state index contributed by atoms with van der Waals surface area (Å²) in [5.74, 6) is -0.0421. The quantitative estimate of drug-likeness (QED) is 0.797. The Labute approximate surface area is 125 Å². The molecule has 0 aliphatic rings. The van der Waals surface area contributed by atoms with E-state index in [1.165, 1.54) is 5.56 Å². The van der Waals surface area contributed by atoms with Gasteiger partial charge in [0.05, 0.1) is 11.9 Å². The minimum absolute atomic E-state index is 0.0421. The summed E-state index contributed by atoms with van der Waals surface area (Å²) in [6.07, 6.45) is 6.87. The molecule has 0 fully saturated rings. The lowest BCUT2D eigenvalue weighted by Gasteiger charge is -2.25. The van der Waals surface area contributed by atoms with Gasteiger partial charge in [-0.3, -0.25) is 9.78 Å². The number of carbonyl (C=O) groups is 1. The van der Waals surface area contributed by atoms with Gasteiger partial charge < -0.3 is 4.90 Å². The highest BCUT2D eigenvalue weighted by Gasteiger charge is 2.16. The van der Waals surface area contributed by atoms with Crippen molar-refractivity contribution in [3.63, 3.8) is 0 Å². The van der Waals surface area contributed by atoms with Crippen molar-refractivity contribution in [1.82, 2.24) is 4.98 Å². The normalized spacial score (nSPS) is 11.0. The molecule has 0 unspecified atom stereocenters. The van der Waals surface area contributed by atoms with Gasteiger partial charge in [-0.1, -0.05) is 29.8 Å². The fraction of sp³-hybridized carbons (Fsp3) is 0.222. The molecule has 1 heterocycles. The standard InChI is InChI=1S/C18H20N2O/c1-14(2)20(17-8-5-11-19-13-17)18(21)10-9-16-7-4-6-15(3)12-16/h4-14H,1-3H3/b10-9+. The average Bonchev–Trinajstić information content (AvgIpc) is 2.46. The lowest BCUT2D eigenvalue weighted by Crippen LogP contribution is -2.35. The first kappa shape index (κ1) is 15.0. The van der Waals surface area contributed by atoms with Gasteiger partial charge in [0.1, 0.15) is 0 Å². The zero-order chi connectivity index (χ0) is 15.2. The molecule has 1 amide bonds. The van der Waals surface area contributed by atoms with Crippen LogP contribution in [0.3, 0.4) is 0 Å². The van der Waals surface area contributed by atoms with Gasteiger partial charge in [-0.2, -0.15) is 0 Å². The smallest absolute Gasteiger partial charge is 0.251 e. The van der Waals surface area contributed by atoms with Gasteiger partial charge in [0.15, 0.2) is 0 Å². The first-order valence-electron chi connectivity index (χ1n) is 7.06. The van der Waals surface area contributed by atoms with E-state index in [0.29, 0.717) is 0 Å². The number of amides is 1. The van der Waals surface area contributed by atoms with Crippen molar-refractivity contribution >= 4 is 17.7 Å². The van der Waals surface area contributed by atoms with E-state index in [9.17, 15) is 4.79 Å². The second-order valence-corrected chi connectivity index (χ2v) is 5.26. The molecule has 0 atom stereocenters. The van der Waals surface area contributed by atoms with Crippen molar-refractivity contribution in [2.45, 2.75) is 26.8 Å². The van der Waals surface area contributed by atoms with Crippen LogP contribution in [0.2, 0.25) is 0 Å². The van der Waals surface area contributed by atoms with E-state index in [-0.39, 0.29) is 11.9 Å². The molecule has 21 heavy (non-hydrogen) atoms. The highest BCUT2D eigenvalue weighted by Crippen LogP contribution is 2.16. The number of rotatable bonds is 4. The van der Waals surface area contributed by atoms with Crippen molar-refractivity contribution in [1.29, 1.82) is 0 Å². The molecular weight excluding hydrogens is 260 g/mol. The SMILES string of the molecule is Cc1cccc(/C=C/C(=O)N(c2cccnc2)C(C)C)c1. The van der Waals surface area contributed by atoms with Crippen LogP contribution in [0.15, 0.2) is 54.9 Å². The molecule has 1 aromatic heterocycles. The van der Waals surface area contributed by atoms with E-state index in [0.717, 1.165) is 11.3 Å². The molecule has 1 aromatic carbocycles. The summed E-state index contributed by atoms with van der Waals surface area (Å²) in [6, 6.07) is 11.9. The van der Waals surface area contributed by atoms with Crippen LogP contribution in [0.4, 0.5) is 5.69 Å². The molecule has 0 N–H and O–H groups in total. The van der Waals surface area contributed by atoms with Crippen LogP contribution < -0.4 is 4.90 Å². The van der Waals surface area contributed by atoms with Crippen LogP contribution in [0.25, 0.3) is 6.08 Å². The summed E-state index contributed by atoms with van der Waals surface area (Å²) >= 11 is 0. The summed E-state index contributed by atoms with van der Waals surface area (Å²) in [6.45, 7) is 6.02. The number of aryl methyl sites for hydroxylation is 1. The maximum Gasteiger partial charge on any atom is 0.251 e. The molecule has 0 spiro atoms. The summed E-state index contributed by atoms with van der Waals surface area (Å²) in [7, 11) is 0. The van der Waals surface area contributed by atoms with E-state index in [2.05, 4.69) is 4.98 Å². The largest absolute Gasteiger partial charge is 0.305 e. The third-order valence-electron chi connectivity index (χ3n) is 3.14. The molecule has 0 saturated heterocycles. The third-order valence-corrected chi connectivity index (χ3v) is 3.14. The molecular formula is C18H20N2O. The molecule has 0 radical (unpaired) electrons. The molecule has 0 bridgehead atoms. The lowest BCUT2D eigenvalue weighted by molar-refractivity contribution is -0.114. The van der Waals surface area contributed by atoms with E-state index < -0.39 is 0 Å². The number of hydrogen-bond acceptors (Lipinski definition) is 2. The number of pyridine rings is 1. The van der Waals surface area contributed by atoms with Crippen molar-refractivity contribution in [2.75, 3.05) is 4.90 Å². The zero-order valence-electron chi connectivity index (χ0n) is 12.7. The van der Waals surface area contributed by atoms with Crippen LogP contribution in [0.1, 0.15) is 25.0 Å². The first-order valence-corrected chi connectivity index (χ1v) is 7.06. The summed E-state index contributed by atoms with van der Waals surface area (Å²) in [5.41, 5.74) is 3.02. The zero-order valence-corrected chi connectivity index (χ0v) is 12.7. The fourth-order valence-electron chi connectivity index (χ4n) is 2.20. The Morgan fingerprint density at radius 3 is 2.67 bits per heavy atom. The highest BCUT2D eigenvalue weighted by molar-refractivity contribution is 6.04. The first-order chi connectivity index (χ1) is 10.1. The Hall–Kier alpha value is -2.42. The number of hydrogen-bond donors (Lipinski definition) is 0. The second kappa shape index (κ2) is 6.84. The van der Waals surface area contributed by atoms with Crippen LogP contribution >= 0.6 is 0 Å². The fourth-order valence-corrected chi connectivity index (χ4v) is 2.20. The Kier molecular flexibility index (Phi) is 4.88. The van der Waals surface area contributed by atoms with Crippen LogP contribution in [-0.2, 0) is 4.79 Å². The molecule has 0 aliphatic carbocycles. The predicted octanol–water partition coefficient (Wildman–Crippen LogP) is 3.84. The molecule has 3 nitrogen and oxygen atoms in total. The number of aromatic nitrogens is 1. The number of carbonyl (C=O) groups excluding carboxylic acids is 1. The summed E-state index contributed by atoms with van der Waals surface area (Å²) in [5, 5.41) is 0. The molecule has 3 heteroatoms. The minimum atomic E-state index is -0.0421. The van der Waals surface area contributed by atoms with Gasteiger partial charge in [-0.25, -0.2) is 0 Å². The topological polar surface area (TPSA) is 33.2 Å². The van der Waals surface area contributed by atoms with Crippen LogP contribution in [0, 0.1) is 6.92 Å². The maximum absolute atomic E-state index is 12.5. The van der Waals surface area contributed by atoms with E-state index in [1.54, 1.807) is 23.4 Å². The van der Waals surface area contributed by atoms with Crippen LogP contribution in [-0.4, -0.2) is 16.9 Å². The van der Waals surface area contributed by atoms with Crippen molar-refractivity contribution in [2.24, 2.45) is 0 Å². The van der Waals surface area contributed by atoms with E-state index in [1.807, 2.05) is 63.2 Å². The Morgan fingerprint density at radius 2 is 2.05 bits per heavy atom. The van der Waals surface area contributed by atoms with Gasteiger partial charge >= 0.3 is 0 Å². The van der Waals surface area contributed by atoms with Gasteiger partial charge in [-0.05, 0) is 44.5 Å². The Balaban J connectivity index is 2.20. The average molecular weight is 280 g/mol. The summed E-state index contributed by atoms with van der Waals surface area (Å²) in [4.78, 5) is 18.3. The van der Waals surface area contributed by atoms with E-state index in [4.69, 9.17) is 0 Å². The summed E-state index contributed by atoms with van der Waals surface area (Å²) < 4.78 is 0. The number of benzene rings is 1. The van der Waals surface area contributed by atoms with Gasteiger partial charge in [0, 0.05) is 18.3 Å². The maximum atomic E-state index is 12.5. The van der Waals surface area contributed by atoms with Gasteiger partial charge in [0.25, 0.3) is 5.91 Å². The van der Waals surface area contributed by atoms with Crippen molar-refractivity contribution in [3.05, 3.63) is 66.0 Å². The molecule has 108 valence electrons. The predicted molar refractivity (Wildman–Crippen MR) is 87.1 cm³/mol. The molecule has 0 aliphatic heterocycles. The monoisotopic (exact) mass is 280 g/mol. The van der Waals surface area contributed by atoms with Gasteiger partial charge in [0.2, 0.25) is 0 Å². The number of anilines is 1. The van der Waals surface area contributed by atoms with Crippen LogP contribution in [0.5, 0.6) is 0 Å². The third kappa shape index (κ3) is 4.02. The Morgan fingerprint density at radius 1 is 1.24 bits per heavy atom. The molecule has 2 rings (SSSR count). The number of nitrogens with zero attached hydrogens (tertiary/aromatic N) is 2.